The Kier molecular flexibility index (Phi) is 5.00. The number of hydrogen-bond donors (Lipinski definition) is 1. The van der Waals surface area contributed by atoms with Crippen molar-refractivity contribution in [2.45, 2.75) is 19.4 Å². The zero-order valence-electron chi connectivity index (χ0n) is 9.82. The standard InChI is InChI=1S/C14H16INS/c1-2-9-16-14(13-8-5-10-17-13)11-6-3-4-7-12(11)15/h3-8,10,14,16H,2,9H2,1H3. The van der Waals surface area contributed by atoms with E-state index in [2.05, 4.69) is 76.6 Å². The van der Waals surface area contributed by atoms with Crippen LogP contribution in [0.4, 0.5) is 0 Å². The highest BCUT2D eigenvalue weighted by molar-refractivity contribution is 14.1. The predicted octanol–water partition coefficient (Wildman–Crippen LogP) is 4.44. The van der Waals surface area contributed by atoms with Crippen LogP contribution in [0.2, 0.25) is 0 Å². The van der Waals surface area contributed by atoms with Crippen LogP contribution in [-0.2, 0) is 0 Å². The van der Waals surface area contributed by atoms with Gasteiger partial charge in [-0.1, -0.05) is 31.2 Å². The van der Waals surface area contributed by atoms with Gasteiger partial charge in [0.1, 0.15) is 0 Å². The van der Waals surface area contributed by atoms with Gasteiger partial charge in [-0.2, -0.15) is 0 Å². The second-order valence-corrected chi connectivity index (χ2v) is 6.07. The molecule has 0 aliphatic rings. The van der Waals surface area contributed by atoms with Gasteiger partial charge >= 0.3 is 0 Å². The lowest BCUT2D eigenvalue weighted by atomic mass is 10.1. The summed E-state index contributed by atoms with van der Waals surface area (Å²) in [4.78, 5) is 1.39. The summed E-state index contributed by atoms with van der Waals surface area (Å²) in [5.41, 5.74) is 1.38. The van der Waals surface area contributed by atoms with Crippen molar-refractivity contribution in [3.63, 3.8) is 0 Å². The van der Waals surface area contributed by atoms with E-state index < -0.39 is 0 Å². The van der Waals surface area contributed by atoms with Gasteiger partial charge in [0.2, 0.25) is 0 Å². The van der Waals surface area contributed by atoms with E-state index in [4.69, 9.17) is 0 Å². The first kappa shape index (κ1) is 13.1. The molecule has 17 heavy (non-hydrogen) atoms. The van der Waals surface area contributed by atoms with Crippen LogP contribution in [0.5, 0.6) is 0 Å². The van der Waals surface area contributed by atoms with E-state index in [1.54, 1.807) is 0 Å². The highest BCUT2D eigenvalue weighted by Gasteiger charge is 2.16. The van der Waals surface area contributed by atoms with Crippen LogP contribution in [0.1, 0.15) is 29.8 Å². The molecule has 1 nitrogen and oxygen atoms in total. The van der Waals surface area contributed by atoms with Crippen molar-refractivity contribution in [3.05, 3.63) is 55.8 Å². The Balaban J connectivity index is 2.30. The van der Waals surface area contributed by atoms with Gasteiger partial charge in [-0.15, -0.1) is 11.3 Å². The zero-order chi connectivity index (χ0) is 12.1. The van der Waals surface area contributed by atoms with E-state index in [1.165, 1.54) is 14.0 Å². The van der Waals surface area contributed by atoms with Gasteiger partial charge < -0.3 is 5.32 Å². The Morgan fingerprint density at radius 2 is 2.06 bits per heavy atom. The topological polar surface area (TPSA) is 12.0 Å². The quantitative estimate of drug-likeness (QED) is 0.780. The summed E-state index contributed by atoms with van der Waals surface area (Å²) in [6.07, 6.45) is 1.16. The summed E-state index contributed by atoms with van der Waals surface area (Å²) >= 11 is 4.24. The molecule has 0 aliphatic heterocycles. The summed E-state index contributed by atoms with van der Waals surface area (Å²) in [6, 6.07) is 13.3. The van der Waals surface area contributed by atoms with E-state index in [0.29, 0.717) is 6.04 Å². The summed E-state index contributed by atoms with van der Waals surface area (Å²) < 4.78 is 1.33. The molecule has 1 N–H and O–H groups in total. The van der Waals surface area contributed by atoms with Crippen molar-refractivity contribution in [2.75, 3.05) is 6.54 Å². The molecule has 3 heteroatoms. The highest BCUT2D eigenvalue weighted by atomic mass is 127. The van der Waals surface area contributed by atoms with Gasteiger partial charge in [0.15, 0.2) is 0 Å². The average molecular weight is 357 g/mol. The Morgan fingerprint density at radius 1 is 1.24 bits per heavy atom. The van der Waals surface area contributed by atoms with Gasteiger partial charge in [0.25, 0.3) is 0 Å². The number of halogens is 1. The van der Waals surface area contributed by atoms with Gasteiger partial charge in [-0.25, -0.2) is 0 Å². The number of rotatable bonds is 5. The fraction of sp³-hybridized carbons (Fsp3) is 0.286. The minimum Gasteiger partial charge on any atom is -0.306 e. The van der Waals surface area contributed by atoms with Crippen LogP contribution in [-0.4, -0.2) is 6.54 Å². The van der Waals surface area contributed by atoms with Crippen molar-refractivity contribution in [1.29, 1.82) is 0 Å². The van der Waals surface area contributed by atoms with Crippen molar-refractivity contribution in [1.82, 2.24) is 5.32 Å². The van der Waals surface area contributed by atoms with Crippen LogP contribution in [0.3, 0.4) is 0 Å². The maximum Gasteiger partial charge on any atom is 0.0681 e. The molecule has 1 heterocycles. The summed E-state index contributed by atoms with van der Waals surface area (Å²) in [5, 5.41) is 5.78. The molecule has 0 saturated heterocycles. The second kappa shape index (κ2) is 6.52. The summed E-state index contributed by atoms with van der Waals surface area (Å²) in [5.74, 6) is 0. The minimum atomic E-state index is 0.336. The van der Waals surface area contributed by atoms with Crippen LogP contribution < -0.4 is 5.32 Å². The van der Waals surface area contributed by atoms with Gasteiger partial charge in [0.05, 0.1) is 6.04 Å². The van der Waals surface area contributed by atoms with E-state index >= 15 is 0 Å². The van der Waals surface area contributed by atoms with E-state index in [-0.39, 0.29) is 0 Å². The Bertz CT molecular complexity index is 453. The van der Waals surface area contributed by atoms with Crippen LogP contribution in [0.15, 0.2) is 41.8 Å². The molecule has 1 atom stereocenters. The SMILES string of the molecule is CCCNC(c1cccs1)c1ccccc1I. The Labute approximate surface area is 120 Å². The van der Waals surface area contributed by atoms with Crippen molar-refractivity contribution in [2.24, 2.45) is 0 Å². The van der Waals surface area contributed by atoms with Gasteiger partial charge in [-0.05, 0) is 58.6 Å². The molecule has 0 radical (unpaired) electrons. The molecule has 90 valence electrons. The number of thiophene rings is 1. The lowest BCUT2D eigenvalue weighted by molar-refractivity contribution is 0.604. The highest BCUT2D eigenvalue weighted by Crippen LogP contribution is 2.29. The van der Waals surface area contributed by atoms with E-state index in [9.17, 15) is 0 Å². The second-order valence-electron chi connectivity index (χ2n) is 3.92. The molecule has 1 aromatic heterocycles. The van der Waals surface area contributed by atoms with Crippen LogP contribution >= 0.6 is 33.9 Å². The predicted molar refractivity (Wildman–Crippen MR) is 83.6 cm³/mol. The molecule has 2 aromatic rings. The van der Waals surface area contributed by atoms with Crippen molar-refractivity contribution >= 4 is 33.9 Å². The lowest BCUT2D eigenvalue weighted by Gasteiger charge is -2.19. The smallest absolute Gasteiger partial charge is 0.0681 e. The third-order valence-electron chi connectivity index (χ3n) is 2.64. The van der Waals surface area contributed by atoms with E-state index in [1.807, 2.05) is 11.3 Å². The first-order valence-electron chi connectivity index (χ1n) is 5.84. The third kappa shape index (κ3) is 3.30. The molecule has 2 rings (SSSR count). The molecule has 1 unspecified atom stereocenters. The number of benzene rings is 1. The van der Waals surface area contributed by atoms with Crippen molar-refractivity contribution in [3.8, 4) is 0 Å². The minimum absolute atomic E-state index is 0.336. The molecule has 0 fully saturated rings. The van der Waals surface area contributed by atoms with E-state index in [0.717, 1.165) is 13.0 Å². The maximum absolute atomic E-state index is 3.63. The molecular formula is C14H16INS. The average Bonchev–Trinajstić information content (AvgIpc) is 2.85. The Hall–Kier alpha value is -0.390. The van der Waals surface area contributed by atoms with Gasteiger partial charge in [0, 0.05) is 8.45 Å². The molecule has 0 spiro atoms. The fourth-order valence-corrected chi connectivity index (χ4v) is 3.33. The molecule has 0 amide bonds. The summed E-state index contributed by atoms with van der Waals surface area (Å²) in [6.45, 7) is 3.25. The van der Waals surface area contributed by atoms with Crippen LogP contribution in [0, 0.1) is 3.57 Å². The fourth-order valence-electron chi connectivity index (χ4n) is 1.82. The molecule has 0 saturated carbocycles. The lowest BCUT2D eigenvalue weighted by Crippen LogP contribution is -2.23. The normalized spacial score (nSPS) is 12.6. The molecule has 0 aliphatic carbocycles. The first-order valence-corrected chi connectivity index (χ1v) is 7.80. The molecule has 0 bridgehead atoms. The number of nitrogens with one attached hydrogen (secondary N) is 1. The van der Waals surface area contributed by atoms with Gasteiger partial charge in [-0.3, -0.25) is 0 Å². The summed E-state index contributed by atoms with van der Waals surface area (Å²) in [7, 11) is 0. The monoisotopic (exact) mass is 357 g/mol. The molecule has 1 aromatic carbocycles. The molecular weight excluding hydrogens is 341 g/mol. The maximum atomic E-state index is 3.63. The first-order chi connectivity index (χ1) is 8.33. The third-order valence-corrected chi connectivity index (χ3v) is 4.56. The number of hydrogen-bond acceptors (Lipinski definition) is 2. The Morgan fingerprint density at radius 3 is 2.71 bits per heavy atom. The largest absolute Gasteiger partial charge is 0.306 e. The zero-order valence-corrected chi connectivity index (χ0v) is 12.8. The van der Waals surface area contributed by atoms with Crippen LogP contribution in [0.25, 0.3) is 0 Å². The van der Waals surface area contributed by atoms with Crippen molar-refractivity contribution < 1.29 is 0 Å².